The Morgan fingerprint density at radius 2 is 2.02 bits per heavy atom. The third-order valence-corrected chi connectivity index (χ3v) is 7.46. The zero-order chi connectivity index (χ0) is 28.6. The van der Waals surface area contributed by atoms with Crippen molar-refractivity contribution in [2.45, 2.75) is 19.4 Å². The summed E-state index contributed by atoms with van der Waals surface area (Å²) in [6.07, 6.45) is 2.71. The summed E-state index contributed by atoms with van der Waals surface area (Å²) < 4.78 is 60.4. The smallest absolute Gasteiger partial charge is 0.278 e. The Morgan fingerprint density at radius 3 is 2.75 bits per heavy atom. The van der Waals surface area contributed by atoms with Crippen LogP contribution in [0.2, 0.25) is 0 Å². The molecule has 0 atom stereocenters. The zero-order valence-corrected chi connectivity index (χ0v) is 22.4. The monoisotopic (exact) mass is 574 g/mol. The molecule has 0 bridgehead atoms. The minimum Gasteiger partial charge on any atom is -0.491 e. The number of carbonyl (C=O) groups excluding carboxylic acids is 1. The number of anilines is 3. The summed E-state index contributed by atoms with van der Waals surface area (Å²) in [7, 11) is -1.05. The van der Waals surface area contributed by atoms with Crippen molar-refractivity contribution in [3.63, 3.8) is 0 Å². The van der Waals surface area contributed by atoms with Crippen molar-refractivity contribution in [1.82, 2.24) is 30.0 Å². The predicted molar refractivity (Wildman–Crippen MR) is 140 cm³/mol. The minimum atomic E-state index is -3.69. The number of nitrogens with zero attached hydrogens (tertiary/aromatic N) is 6. The number of hydrogen-bond donors (Lipinski definition) is 2. The van der Waals surface area contributed by atoms with Crippen LogP contribution in [0.3, 0.4) is 0 Å². The van der Waals surface area contributed by atoms with E-state index in [0.29, 0.717) is 41.0 Å². The van der Waals surface area contributed by atoms with E-state index in [4.69, 9.17) is 9.57 Å². The van der Waals surface area contributed by atoms with E-state index < -0.39 is 22.4 Å². The van der Waals surface area contributed by atoms with E-state index in [1.807, 2.05) is 0 Å². The second-order valence-corrected chi connectivity index (χ2v) is 10.8. The van der Waals surface area contributed by atoms with Gasteiger partial charge in [0, 0.05) is 48.6 Å². The van der Waals surface area contributed by atoms with Crippen molar-refractivity contribution < 1.29 is 31.6 Å². The maximum absolute atomic E-state index is 14.1. The molecule has 16 heteroatoms. The number of benzene rings is 1. The number of rotatable bonds is 9. The minimum absolute atomic E-state index is 0.00443. The molecule has 0 saturated heterocycles. The number of aromatic nitrogens is 5. The van der Waals surface area contributed by atoms with Crippen LogP contribution >= 0.6 is 0 Å². The molecule has 4 aromatic rings. The van der Waals surface area contributed by atoms with Crippen LogP contribution < -0.4 is 19.8 Å². The quantitative estimate of drug-likeness (QED) is 0.285. The highest BCUT2D eigenvalue weighted by Gasteiger charge is 2.26. The number of carbonyl (C=O) groups is 1. The van der Waals surface area contributed by atoms with Gasteiger partial charge < -0.3 is 14.6 Å². The number of ether oxygens (including phenoxy) is 1. The van der Waals surface area contributed by atoms with Gasteiger partial charge in [0.1, 0.15) is 17.1 Å². The molecule has 1 aliphatic heterocycles. The van der Waals surface area contributed by atoms with Crippen molar-refractivity contribution in [2.24, 2.45) is 0 Å². The first-order valence-corrected chi connectivity index (χ1v) is 13.7. The summed E-state index contributed by atoms with van der Waals surface area (Å²) in [4.78, 5) is 34.1. The number of amides is 1. The van der Waals surface area contributed by atoms with Gasteiger partial charge in [0.25, 0.3) is 12.3 Å². The first kappa shape index (κ1) is 27.1. The molecule has 40 heavy (non-hydrogen) atoms. The van der Waals surface area contributed by atoms with Gasteiger partial charge in [-0.25, -0.2) is 32.6 Å². The molecule has 4 heterocycles. The molecule has 0 spiro atoms. The van der Waals surface area contributed by atoms with Gasteiger partial charge in [-0.05, 0) is 18.2 Å². The van der Waals surface area contributed by atoms with Gasteiger partial charge in [0.05, 0.1) is 37.9 Å². The average Bonchev–Trinajstić information content (AvgIpc) is 3.54. The molecule has 1 aromatic carbocycles. The molecule has 0 saturated carbocycles. The highest BCUT2D eigenvalue weighted by molar-refractivity contribution is 7.92. The molecule has 210 valence electrons. The van der Waals surface area contributed by atoms with Crippen molar-refractivity contribution >= 4 is 44.4 Å². The van der Waals surface area contributed by atoms with Crippen LogP contribution in [0.25, 0.3) is 11.0 Å². The van der Waals surface area contributed by atoms with Crippen molar-refractivity contribution in [3.8, 4) is 5.75 Å². The standard InChI is InChI=1S/C24H24F2N8O5S/c1-33(40(3,36)37)22-17(27-7-8-28-22)12-34-18(20(25)26)10-13-11-29-24(31-21(13)34)30-16-5-4-15(23(35)32-38-2)14-6-9-39-19(14)16/h4-5,7-8,10-11,20H,6,9,12H2,1-3H3,(H,32,35)(H,29,30,31). The summed E-state index contributed by atoms with van der Waals surface area (Å²) in [6, 6.07) is 4.50. The zero-order valence-electron chi connectivity index (χ0n) is 21.6. The van der Waals surface area contributed by atoms with E-state index in [0.717, 1.165) is 10.6 Å². The van der Waals surface area contributed by atoms with Gasteiger partial charge in [-0.15, -0.1) is 0 Å². The van der Waals surface area contributed by atoms with Crippen LogP contribution in [0.15, 0.2) is 36.8 Å². The van der Waals surface area contributed by atoms with Gasteiger partial charge in [-0.2, -0.15) is 4.98 Å². The van der Waals surface area contributed by atoms with Gasteiger partial charge in [0.2, 0.25) is 16.0 Å². The number of nitrogens with one attached hydrogen (secondary N) is 2. The largest absolute Gasteiger partial charge is 0.491 e. The van der Waals surface area contributed by atoms with Gasteiger partial charge in [0.15, 0.2) is 5.82 Å². The van der Waals surface area contributed by atoms with Crippen LogP contribution in [0.4, 0.5) is 26.2 Å². The van der Waals surface area contributed by atoms with Crippen LogP contribution in [-0.4, -0.2) is 65.8 Å². The fourth-order valence-electron chi connectivity index (χ4n) is 4.38. The Labute approximate surface area is 227 Å². The fraction of sp³-hybridized carbons (Fsp3) is 0.292. The molecular formula is C24H24F2N8O5S. The maximum atomic E-state index is 14.1. The van der Waals surface area contributed by atoms with Crippen LogP contribution in [-0.2, 0) is 27.8 Å². The summed E-state index contributed by atoms with van der Waals surface area (Å²) >= 11 is 0. The molecule has 0 radical (unpaired) electrons. The molecule has 1 aliphatic rings. The predicted octanol–water partition coefficient (Wildman–Crippen LogP) is 2.57. The first-order chi connectivity index (χ1) is 19.1. The number of alkyl halides is 2. The third-order valence-electron chi connectivity index (χ3n) is 6.29. The molecule has 0 unspecified atom stereocenters. The molecule has 2 N–H and O–H groups in total. The molecular weight excluding hydrogens is 550 g/mol. The highest BCUT2D eigenvalue weighted by atomic mass is 32.2. The van der Waals surface area contributed by atoms with E-state index in [2.05, 4.69) is 30.7 Å². The van der Waals surface area contributed by atoms with E-state index in [9.17, 15) is 22.0 Å². The Hall–Kier alpha value is -4.44. The van der Waals surface area contributed by atoms with E-state index in [1.54, 1.807) is 12.1 Å². The van der Waals surface area contributed by atoms with Crippen molar-refractivity contribution in [3.05, 3.63) is 59.3 Å². The van der Waals surface area contributed by atoms with Gasteiger partial charge in [-0.3, -0.25) is 18.9 Å². The topological polar surface area (TPSA) is 153 Å². The lowest BCUT2D eigenvalue weighted by Crippen LogP contribution is -2.27. The summed E-state index contributed by atoms with van der Waals surface area (Å²) in [5.74, 6) is 0.122. The number of hydrogen-bond acceptors (Lipinski definition) is 10. The molecule has 1 amide bonds. The number of sulfonamides is 1. The van der Waals surface area contributed by atoms with E-state index in [1.165, 1.54) is 43.4 Å². The van der Waals surface area contributed by atoms with Gasteiger partial charge >= 0.3 is 0 Å². The normalized spacial score (nSPS) is 12.8. The lowest BCUT2D eigenvalue weighted by molar-refractivity contribution is 0.0537. The van der Waals surface area contributed by atoms with Crippen LogP contribution in [0.5, 0.6) is 5.75 Å². The number of hydroxylamine groups is 1. The molecule has 5 rings (SSSR count). The summed E-state index contributed by atoms with van der Waals surface area (Å²) in [6.45, 7) is 0.134. The highest BCUT2D eigenvalue weighted by Crippen LogP contribution is 2.38. The molecule has 3 aromatic heterocycles. The summed E-state index contributed by atoms with van der Waals surface area (Å²) in [5.41, 5.74) is 3.81. The van der Waals surface area contributed by atoms with Crippen LogP contribution in [0.1, 0.15) is 33.7 Å². The maximum Gasteiger partial charge on any atom is 0.278 e. The number of halogens is 2. The third kappa shape index (κ3) is 5.10. The summed E-state index contributed by atoms with van der Waals surface area (Å²) in [5, 5.41) is 3.39. The number of fused-ring (bicyclic) bond motifs is 2. The van der Waals surface area contributed by atoms with Crippen LogP contribution in [0, 0.1) is 0 Å². The van der Waals surface area contributed by atoms with E-state index in [-0.39, 0.29) is 35.3 Å². The lowest BCUT2D eigenvalue weighted by atomic mass is 10.0. The Morgan fingerprint density at radius 1 is 1.25 bits per heavy atom. The molecule has 0 fully saturated rings. The second kappa shape index (κ2) is 10.6. The molecule has 13 nitrogen and oxygen atoms in total. The Balaban J connectivity index is 1.54. The van der Waals surface area contributed by atoms with Crippen molar-refractivity contribution in [2.75, 3.05) is 36.6 Å². The van der Waals surface area contributed by atoms with Gasteiger partial charge in [-0.1, -0.05) is 0 Å². The first-order valence-electron chi connectivity index (χ1n) is 11.9. The lowest BCUT2D eigenvalue weighted by Gasteiger charge is -2.19. The second-order valence-electron chi connectivity index (χ2n) is 8.81. The van der Waals surface area contributed by atoms with E-state index >= 15 is 0 Å². The average molecular weight is 575 g/mol. The molecule has 0 aliphatic carbocycles. The Bertz CT molecular complexity index is 1710. The fourth-order valence-corrected chi connectivity index (χ4v) is 4.85. The van der Waals surface area contributed by atoms with Crippen molar-refractivity contribution in [1.29, 1.82) is 0 Å². The SMILES string of the molecule is CONC(=O)c1ccc(Nc2ncc3cc(C(F)F)n(Cc4nccnc4N(C)S(C)(=O)=O)c3n2)c2c1CCO2. The Kier molecular flexibility index (Phi) is 7.20.